The summed E-state index contributed by atoms with van der Waals surface area (Å²) < 4.78 is 10.7. The number of hydrogen-bond acceptors (Lipinski definition) is 6. The van der Waals surface area contributed by atoms with Gasteiger partial charge >= 0.3 is 0 Å². The lowest BCUT2D eigenvalue weighted by molar-refractivity contribution is -0.252. The number of halogens is 3. The molecule has 0 bridgehead atoms. The van der Waals surface area contributed by atoms with E-state index in [1.54, 1.807) is 24.4 Å². The van der Waals surface area contributed by atoms with Gasteiger partial charge in [0.2, 0.25) is 0 Å². The van der Waals surface area contributed by atoms with Gasteiger partial charge in [-0.15, -0.1) is 0 Å². The number of carbonyl (C=O) groups excluding carboxylic acids is 1. The van der Waals surface area contributed by atoms with E-state index in [-0.39, 0.29) is 18.8 Å². The smallest absolute Gasteiger partial charge is 0.276 e. The number of ether oxygens (including phenoxy) is 2. The number of likely N-dealkylation sites (N-methyl/N-ethyl adjacent to an activating group) is 1. The third kappa shape index (κ3) is 8.13. The van der Waals surface area contributed by atoms with Crippen molar-refractivity contribution < 1.29 is 19.4 Å². The number of amides is 1. The maximum absolute atomic E-state index is 12.2. The molecule has 1 aliphatic rings. The van der Waals surface area contributed by atoms with Crippen molar-refractivity contribution in [2.24, 2.45) is 0 Å². The Morgan fingerprint density at radius 1 is 1.08 bits per heavy atom. The zero-order valence-corrected chi connectivity index (χ0v) is 23.2. The topological polar surface area (TPSA) is 83.9 Å². The summed E-state index contributed by atoms with van der Waals surface area (Å²) in [6, 6.07) is 20.8. The summed E-state index contributed by atoms with van der Waals surface area (Å²) in [5.41, 5.74) is 4.06. The van der Waals surface area contributed by atoms with Crippen molar-refractivity contribution in [1.82, 2.24) is 9.88 Å². The minimum absolute atomic E-state index is 0.0199. The van der Waals surface area contributed by atoms with Crippen LogP contribution in [0, 0.1) is 0 Å². The number of anilines is 1. The Morgan fingerprint density at radius 2 is 1.87 bits per heavy atom. The molecule has 2 aromatic carbocycles. The van der Waals surface area contributed by atoms with Gasteiger partial charge in [0, 0.05) is 49.1 Å². The predicted octanol–water partition coefficient (Wildman–Crippen LogP) is 5.60. The maximum atomic E-state index is 12.2. The van der Waals surface area contributed by atoms with Gasteiger partial charge < -0.3 is 24.8 Å². The Balaban J connectivity index is 1.50. The molecule has 0 saturated carbocycles. The molecule has 0 unspecified atom stereocenters. The quantitative estimate of drug-likeness (QED) is 0.322. The maximum Gasteiger partial charge on any atom is 0.276 e. The minimum Gasteiger partial charge on any atom is -0.392 e. The molecule has 7 nitrogen and oxygen atoms in total. The van der Waals surface area contributed by atoms with E-state index in [4.69, 9.17) is 44.3 Å². The summed E-state index contributed by atoms with van der Waals surface area (Å²) in [7, 11) is 2.06. The van der Waals surface area contributed by atoms with Gasteiger partial charge in [0.1, 0.15) is 0 Å². The number of nitrogens with zero attached hydrogens (tertiary/aromatic N) is 2. The van der Waals surface area contributed by atoms with Crippen LogP contribution in [-0.2, 0) is 27.3 Å². The molecule has 202 valence electrons. The minimum atomic E-state index is -2.08. The third-order valence-corrected chi connectivity index (χ3v) is 6.80. The van der Waals surface area contributed by atoms with Crippen LogP contribution >= 0.6 is 34.8 Å². The largest absolute Gasteiger partial charge is 0.392 e. The van der Waals surface area contributed by atoms with Crippen molar-refractivity contribution in [3.63, 3.8) is 0 Å². The van der Waals surface area contributed by atoms with Crippen LogP contribution in [0.25, 0.3) is 0 Å². The van der Waals surface area contributed by atoms with Gasteiger partial charge in [-0.1, -0.05) is 77.3 Å². The molecule has 0 spiro atoms. The molecule has 1 amide bonds. The summed E-state index contributed by atoms with van der Waals surface area (Å²) in [6.45, 7) is 1.51. The second-order valence-corrected chi connectivity index (χ2v) is 11.5. The zero-order valence-electron chi connectivity index (χ0n) is 20.9. The molecule has 2 N–H and O–H groups in total. The second-order valence-electron chi connectivity index (χ2n) is 9.26. The molecule has 10 heteroatoms. The van der Waals surface area contributed by atoms with Gasteiger partial charge in [0.15, 0.2) is 6.29 Å². The van der Waals surface area contributed by atoms with E-state index in [0.29, 0.717) is 18.7 Å². The monoisotopic (exact) mass is 577 g/mol. The summed E-state index contributed by atoms with van der Waals surface area (Å²) in [5, 5.41) is 12.0. The van der Waals surface area contributed by atoms with Crippen molar-refractivity contribution in [3.8, 4) is 0 Å². The van der Waals surface area contributed by atoms with Gasteiger partial charge in [-0.3, -0.25) is 9.78 Å². The third-order valence-electron chi connectivity index (χ3n) is 6.28. The number of aliphatic hydroxyl groups is 1. The fraction of sp³-hybridized carbons (Fsp3) is 0.357. The van der Waals surface area contributed by atoms with Crippen molar-refractivity contribution in [2.45, 2.75) is 41.7 Å². The molecule has 2 heterocycles. The number of rotatable bonds is 9. The fourth-order valence-electron chi connectivity index (χ4n) is 4.29. The van der Waals surface area contributed by atoms with E-state index in [9.17, 15) is 9.90 Å². The van der Waals surface area contributed by atoms with Gasteiger partial charge in [-0.25, -0.2) is 0 Å². The lowest BCUT2D eigenvalue weighted by Crippen LogP contribution is -2.38. The Kier molecular flexibility index (Phi) is 10.0. The van der Waals surface area contributed by atoms with Crippen LogP contribution in [0.4, 0.5) is 5.69 Å². The van der Waals surface area contributed by atoms with E-state index in [0.717, 1.165) is 35.3 Å². The molecule has 1 saturated heterocycles. The summed E-state index contributed by atoms with van der Waals surface area (Å²) >= 11 is 17.1. The van der Waals surface area contributed by atoms with Crippen molar-refractivity contribution in [3.05, 3.63) is 95.3 Å². The van der Waals surface area contributed by atoms with Crippen LogP contribution in [0.1, 0.15) is 41.2 Å². The van der Waals surface area contributed by atoms with Crippen LogP contribution in [0.15, 0.2) is 72.9 Å². The molecule has 3 aromatic rings. The second kappa shape index (κ2) is 13.2. The van der Waals surface area contributed by atoms with E-state index in [2.05, 4.69) is 22.2 Å². The lowest BCUT2D eigenvalue weighted by atomic mass is 9.99. The number of pyridine rings is 1. The van der Waals surface area contributed by atoms with Crippen LogP contribution in [-0.4, -0.2) is 50.9 Å². The van der Waals surface area contributed by atoms with Crippen LogP contribution in [0.2, 0.25) is 0 Å². The number of carbonyl (C=O) groups is 1. The standard InChI is InChI=1S/C28H30Cl3N3O4/c1-34(14-12-22-6-2-3-13-32-22)17-24-16-25(20-10-8-19(18-35)9-11-20)38-26(37-24)21-5-4-7-23(15-21)33-27(36)28(29,30)31/h2-11,13,15,24-26,35H,12,14,16-18H2,1H3,(H,33,36)/t24-,25+,26+/m1/s1. The van der Waals surface area contributed by atoms with E-state index in [1.165, 1.54) is 0 Å². The van der Waals surface area contributed by atoms with E-state index < -0.39 is 16.0 Å². The Morgan fingerprint density at radius 3 is 2.55 bits per heavy atom. The molecule has 0 aliphatic carbocycles. The average Bonchev–Trinajstić information content (AvgIpc) is 2.92. The first-order chi connectivity index (χ1) is 18.2. The molecule has 38 heavy (non-hydrogen) atoms. The number of aromatic nitrogens is 1. The molecule has 1 aliphatic heterocycles. The molecule has 0 radical (unpaired) electrons. The predicted molar refractivity (Wildman–Crippen MR) is 149 cm³/mol. The van der Waals surface area contributed by atoms with E-state index in [1.807, 2.05) is 48.5 Å². The zero-order chi connectivity index (χ0) is 27.1. The van der Waals surface area contributed by atoms with E-state index >= 15 is 0 Å². The SMILES string of the molecule is CN(CCc1ccccn1)C[C@H]1C[C@@H](c2ccc(CO)cc2)O[C@@H](c2cccc(NC(=O)C(Cl)(Cl)Cl)c2)O1. The number of aliphatic hydroxyl groups excluding tert-OH is 1. The van der Waals surface area contributed by atoms with Crippen molar-refractivity contribution in [2.75, 3.05) is 25.5 Å². The average molecular weight is 579 g/mol. The lowest BCUT2D eigenvalue weighted by Gasteiger charge is -2.38. The van der Waals surface area contributed by atoms with Crippen LogP contribution in [0.5, 0.6) is 0 Å². The Labute approximate surface area is 237 Å². The van der Waals surface area contributed by atoms with Gasteiger partial charge in [-0.05, 0) is 42.4 Å². The van der Waals surface area contributed by atoms with Crippen molar-refractivity contribution in [1.29, 1.82) is 0 Å². The summed E-state index contributed by atoms with van der Waals surface area (Å²) in [6.07, 6.45) is 2.27. The van der Waals surface area contributed by atoms with Crippen molar-refractivity contribution >= 4 is 46.4 Å². The number of hydrogen-bond donors (Lipinski definition) is 2. The Hall–Kier alpha value is -2.23. The molecule has 1 fully saturated rings. The normalized spacial score (nSPS) is 19.9. The first-order valence-electron chi connectivity index (χ1n) is 12.3. The highest BCUT2D eigenvalue weighted by Crippen LogP contribution is 2.39. The summed E-state index contributed by atoms with van der Waals surface area (Å²) in [4.78, 5) is 18.8. The van der Waals surface area contributed by atoms with Crippen LogP contribution < -0.4 is 5.32 Å². The number of nitrogens with one attached hydrogen (secondary N) is 1. The highest BCUT2D eigenvalue weighted by Gasteiger charge is 2.34. The Bertz CT molecular complexity index is 1190. The van der Waals surface area contributed by atoms with Gasteiger partial charge in [0.25, 0.3) is 9.70 Å². The number of alkyl halides is 3. The molecular weight excluding hydrogens is 549 g/mol. The first kappa shape index (κ1) is 28.8. The highest BCUT2D eigenvalue weighted by atomic mass is 35.6. The van der Waals surface area contributed by atoms with Crippen LogP contribution in [0.3, 0.4) is 0 Å². The van der Waals surface area contributed by atoms with Gasteiger partial charge in [0.05, 0.1) is 18.8 Å². The fourth-order valence-corrected chi connectivity index (χ4v) is 4.43. The van der Waals surface area contributed by atoms with Gasteiger partial charge in [-0.2, -0.15) is 0 Å². The molecule has 3 atom stereocenters. The first-order valence-corrected chi connectivity index (χ1v) is 13.4. The number of benzene rings is 2. The molecular formula is C28H30Cl3N3O4. The molecule has 4 rings (SSSR count). The highest BCUT2D eigenvalue weighted by molar-refractivity contribution is 6.76. The molecule has 1 aromatic heterocycles. The summed E-state index contributed by atoms with van der Waals surface area (Å²) in [5.74, 6) is -0.751.